The van der Waals surface area contributed by atoms with Crippen LogP contribution in [0.5, 0.6) is 5.75 Å². The zero-order chi connectivity index (χ0) is 19.3. The van der Waals surface area contributed by atoms with E-state index in [9.17, 15) is 23.7 Å². The first-order valence-electron chi connectivity index (χ1n) is 7.20. The molecule has 0 aliphatic rings. The molecule has 0 aliphatic carbocycles. The second-order valence-corrected chi connectivity index (χ2v) is 6.43. The molecule has 0 saturated heterocycles. The summed E-state index contributed by atoms with van der Waals surface area (Å²) < 4.78 is 30.4. The fourth-order valence-corrected chi connectivity index (χ4v) is 2.87. The van der Waals surface area contributed by atoms with E-state index in [0.717, 1.165) is 0 Å². The third kappa shape index (κ3) is 5.12. The molecule has 2 rings (SSSR count). The first-order valence-corrected chi connectivity index (χ1v) is 8.37. The van der Waals surface area contributed by atoms with Crippen molar-refractivity contribution in [2.24, 2.45) is 0 Å². The quantitative estimate of drug-likeness (QED) is 0.333. The number of nitro benzene ring substituents is 1. The van der Waals surface area contributed by atoms with E-state index in [0.29, 0.717) is 10.8 Å². The van der Waals surface area contributed by atoms with Crippen molar-refractivity contribution < 1.29 is 23.2 Å². The smallest absolute Gasteiger partial charge is 0.387 e. The van der Waals surface area contributed by atoms with Gasteiger partial charge in [0.2, 0.25) is 0 Å². The van der Waals surface area contributed by atoms with E-state index >= 15 is 0 Å². The monoisotopic (exact) mass is 448 g/mol. The lowest BCUT2D eigenvalue weighted by molar-refractivity contribution is -0.384. The topological polar surface area (TPSA) is 81.5 Å². The number of aldehydes is 1. The highest BCUT2D eigenvalue weighted by molar-refractivity contribution is 9.10. The summed E-state index contributed by atoms with van der Waals surface area (Å²) in [4.78, 5) is 21.7. The SMILES string of the molecule is O=CC[C@@H](Nc1cc(Br)ccc1[N+](=O)[O-])c1cc(Cl)ccc1OC(F)F. The fourth-order valence-electron chi connectivity index (χ4n) is 2.33. The summed E-state index contributed by atoms with van der Waals surface area (Å²) in [6, 6.07) is 7.33. The number of nitrogens with zero attached hydrogens (tertiary/aromatic N) is 1. The summed E-state index contributed by atoms with van der Waals surface area (Å²) in [5.41, 5.74) is 0.0563. The van der Waals surface area contributed by atoms with Gasteiger partial charge in [-0.3, -0.25) is 10.1 Å². The molecule has 0 bridgehead atoms. The van der Waals surface area contributed by atoms with Crippen LogP contribution in [-0.2, 0) is 4.79 Å². The molecule has 0 saturated carbocycles. The van der Waals surface area contributed by atoms with Gasteiger partial charge in [0.1, 0.15) is 17.7 Å². The molecular weight excluding hydrogens is 438 g/mol. The number of nitro groups is 1. The number of hydrogen-bond donors (Lipinski definition) is 1. The van der Waals surface area contributed by atoms with Crippen LogP contribution in [-0.4, -0.2) is 17.8 Å². The van der Waals surface area contributed by atoms with Gasteiger partial charge in [-0.1, -0.05) is 27.5 Å². The number of halogens is 4. The highest BCUT2D eigenvalue weighted by Gasteiger charge is 2.22. The van der Waals surface area contributed by atoms with E-state index in [1.165, 1.54) is 36.4 Å². The van der Waals surface area contributed by atoms with Crippen LogP contribution in [0.1, 0.15) is 18.0 Å². The van der Waals surface area contributed by atoms with Crippen LogP contribution in [0.3, 0.4) is 0 Å². The van der Waals surface area contributed by atoms with Gasteiger partial charge >= 0.3 is 6.61 Å². The Labute approximate surface area is 160 Å². The molecule has 0 heterocycles. The molecule has 0 amide bonds. The standard InChI is InChI=1S/C16H12BrClF2N2O4/c17-9-1-3-14(22(24)25)13(7-9)21-12(5-6-23)11-8-10(18)2-4-15(11)26-16(19)20/h1-4,6-8,12,16,21H,5H2/t12-/m1/s1. The highest BCUT2D eigenvalue weighted by Crippen LogP contribution is 2.36. The molecule has 1 atom stereocenters. The zero-order valence-electron chi connectivity index (χ0n) is 13.0. The van der Waals surface area contributed by atoms with Crippen molar-refractivity contribution in [1.82, 2.24) is 0 Å². The number of anilines is 1. The van der Waals surface area contributed by atoms with Gasteiger partial charge in [0.15, 0.2) is 0 Å². The van der Waals surface area contributed by atoms with Crippen molar-refractivity contribution in [2.75, 3.05) is 5.32 Å². The van der Waals surface area contributed by atoms with Crippen molar-refractivity contribution in [2.45, 2.75) is 19.1 Å². The molecule has 6 nitrogen and oxygen atoms in total. The van der Waals surface area contributed by atoms with Gasteiger partial charge in [0.25, 0.3) is 5.69 Å². The Morgan fingerprint density at radius 1 is 1.31 bits per heavy atom. The number of ether oxygens (including phenoxy) is 1. The first kappa shape index (κ1) is 20.1. The Kier molecular flexibility index (Phi) is 6.87. The number of benzene rings is 2. The van der Waals surface area contributed by atoms with Crippen LogP contribution >= 0.6 is 27.5 Å². The molecule has 1 N–H and O–H groups in total. The Hall–Kier alpha value is -2.26. The predicted octanol–water partition coefficient (Wildman–Crippen LogP) is 5.35. The largest absolute Gasteiger partial charge is 0.434 e. The molecule has 0 aromatic heterocycles. The molecule has 0 radical (unpaired) electrons. The Morgan fingerprint density at radius 3 is 2.65 bits per heavy atom. The first-order chi connectivity index (χ1) is 12.3. The molecule has 138 valence electrons. The van der Waals surface area contributed by atoms with Crippen molar-refractivity contribution in [3.05, 3.63) is 61.6 Å². The van der Waals surface area contributed by atoms with Crippen LogP contribution in [0.4, 0.5) is 20.2 Å². The predicted molar refractivity (Wildman–Crippen MR) is 95.9 cm³/mol. The van der Waals surface area contributed by atoms with Crippen molar-refractivity contribution >= 4 is 45.2 Å². The minimum atomic E-state index is -3.08. The molecule has 0 aliphatic heterocycles. The maximum atomic E-state index is 12.7. The van der Waals surface area contributed by atoms with Gasteiger partial charge in [0.05, 0.1) is 11.0 Å². The minimum absolute atomic E-state index is 0.110. The van der Waals surface area contributed by atoms with Crippen LogP contribution in [0.15, 0.2) is 40.9 Å². The van der Waals surface area contributed by atoms with Gasteiger partial charge in [0, 0.05) is 27.5 Å². The summed E-state index contributed by atoms with van der Waals surface area (Å²) in [5.74, 6) is -0.179. The van der Waals surface area contributed by atoms with Crippen molar-refractivity contribution in [1.29, 1.82) is 0 Å². The molecule has 2 aromatic rings. The zero-order valence-corrected chi connectivity index (χ0v) is 15.3. The molecule has 2 aromatic carbocycles. The number of carbonyl (C=O) groups is 1. The van der Waals surface area contributed by atoms with Crippen molar-refractivity contribution in [3.63, 3.8) is 0 Å². The highest BCUT2D eigenvalue weighted by atomic mass is 79.9. The minimum Gasteiger partial charge on any atom is -0.434 e. The summed E-state index contributed by atoms with van der Waals surface area (Å²) in [6.07, 6.45) is 0.415. The maximum absolute atomic E-state index is 12.7. The van der Waals surface area contributed by atoms with E-state index in [2.05, 4.69) is 26.0 Å². The fraction of sp³-hybridized carbons (Fsp3) is 0.188. The van der Waals surface area contributed by atoms with E-state index in [1.54, 1.807) is 0 Å². The summed E-state index contributed by atoms with van der Waals surface area (Å²) in [7, 11) is 0. The number of hydrogen-bond acceptors (Lipinski definition) is 5. The van der Waals surface area contributed by atoms with Crippen LogP contribution in [0, 0.1) is 10.1 Å². The van der Waals surface area contributed by atoms with Gasteiger partial charge in [-0.05, 0) is 30.3 Å². The Bertz CT molecular complexity index is 823. The third-order valence-electron chi connectivity index (χ3n) is 3.38. The Balaban J connectivity index is 2.48. The van der Waals surface area contributed by atoms with Gasteiger partial charge in [-0.15, -0.1) is 0 Å². The molecular formula is C16H12BrClF2N2O4. The molecule has 0 spiro atoms. The van der Waals surface area contributed by atoms with E-state index in [4.69, 9.17) is 11.6 Å². The number of nitrogens with one attached hydrogen (secondary N) is 1. The third-order valence-corrected chi connectivity index (χ3v) is 4.11. The lowest BCUT2D eigenvalue weighted by atomic mass is 10.0. The average molecular weight is 450 g/mol. The molecule has 0 unspecified atom stereocenters. The summed E-state index contributed by atoms with van der Waals surface area (Å²) >= 11 is 9.14. The maximum Gasteiger partial charge on any atom is 0.387 e. The van der Waals surface area contributed by atoms with Gasteiger partial charge in [-0.25, -0.2) is 0 Å². The van der Waals surface area contributed by atoms with Gasteiger partial charge in [-0.2, -0.15) is 8.78 Å². The van der Waals surface area contributed by atoms with E-state index in [-0.39, 0.29) is 34.1 Å². The summed E-state index contributed by atoms with van der Waals surface area (Å²) in [5, 5.41) is 14.3. The second-order valence-electron chi connectivity index (χ2n) is 5.08. The van der Waals surface area contributed by atoms with Gasteiger partial charge < -0.3 is 14.8 Å². The second kappa shape index (κ2) is 8.91. The Morgan fingerprint density at radius 2 is 2.04 bits per heavy atom. The normalized spacial score (nSPS) is 11.9. The lowest BCUT2D eigenvalue weighted by Gasteiger charge is -2.21. The number of carbonyl (C=O) groups excluding carboxylic acids is 1. The number of alkyl halides is 2. The van der Waals surface area contributed by atoms with Crippen LogP contribution in [0.25, 0.3) is 0 Å². The molecule has 0 fully saturated rings. The van der Waals surface area contributed by atoms with Crippen molar-refractivity contribution in [3.8, 4) is 5.75 Å². The average Bonchev–Trinajstić information content (AvgIpc) is 2.55. The summed E-state index contributed by atoms with van der Waals surface area (Å²) in [6.45, 7) is -3.08. The molecule has 10 heteroatoms. The molecule has 26 heavy (non-hydrogen) atoms. The number of rotatable bonds is 8. The lowest BCUT2D eigenvalue weighted by Crippen LogP contribution is -2.15. The van der Waals surface area contributed by atoms with E-state index in [1.807, 2.05) is 0 Å². The van der Waals surface area contributed by atoms with Crippen LogP contribution < -0.4 is 10.1 Å². The van der Waals surface area contributed by atoms with E-state index < -0.39 is 17.6 Å². The van der Waals surface area contributed by atoms with Crippen LogP contribution in [0.2, 0.25) is 5.02 Å².